The Morgan fingerprint density at radius 2 is 1.58 bits per heavy atom. The summed E-state index contributed by atoms with van der Waals surface area (Å²) in [7, 11) is -2.80. The molecule has 0 atom stereocenters. The van der Waals surface area contributed by atoms with E-state index in [2.05, 4.69) is 4.72 Å². The van der Waals surface area contributed by atoms with Crippen LogP contribution in [0.25, 0.3) is 33.3 Å². The first-order chi connectivity index (χ1) is 25.6. The second-order valence-electron chi connectivity index (χ2n) is 15.8. The van der Waals surface area contributed by atoms with E-state index in [9.17, 15) is 26.8 Å². The molecule has 0 saturated heterocycles. The summed E-state index contributed by atoms with van der Waals surface area (Å²) in [5, 5.41) is 5.31. The smallest absolute Gasteiger partial charge is 0.420 e. The van der Waals surface area contributed by atoms with Crippen molar-refractivity contribution in [1.29, 1.82) is 0 Å². The monoisotopic (exact) mass is 777 g/mol. The van der Waals surface area contributed by atoms with Crippen LogP contribution in [0.2, 0.25) is 0 Å². The molecule has 292 valence electrons. The van der Waals surface area contributed by atoms with Crippen LogP contribution in [0, 0.1) is 25.5 Å². The van der Waals surface area contributed by atoms with Crippen molar-refractivity contribution in [2.45, 2.75) is 91.9 Å². The minimum Gasteiger partial charge on any atom is -0.495 e. The number of ether oxygens (including phenoxy) is 3. The third kappa shape index (κ3) is 8.98. The van der Waals surface area contributed by atoms with Crippen LogP contribution in [0.3, 0.4) is 0 Å². The summed E-state index contributed by atoms with van der Waals surface area (Å²) in [5.74, 6) is -2.88. The molecule has 1 saturated carbocycles. The van der Waals surface area contributed by atoms with Gasteiger partial charge in [0.15, 0.2) is 5.75 Å². The number of rotatable bonds is 10. The zero-order valence-corrected chi connectivity index (χ0v) is 33.2. The number of anilines is 1. The fourth-order valence-electron chi connectivity index (χ4n) is 6.51. The van der Waals surface area contributed by atoms with Crippen LogP contribution in [0.15, 0.2) is 48.7 Å². The zero-order chi connectivity index (χ0) is 40.2. The lowest BCUT2D eigenvalue weighted by Gasteiger charge is -2.20. The third-order valence-electron chi connectivity index (χ3n) is 8.77. The summed E-state index contributed by atoms with van der Waals surface area (Å²) in [4.78, 5) is 31.3. The summed E-state index contributed by atoms with van der Waals surface area (Å²) in [5.41, 5.74) is 3.82. The summed E-state index contributed by atoms with van der Waals surface area (Å²) in [6, 6.07) is 10.3. The van der Waals surface area contributed by atoms with Crippen molar-refractivity contribution in [3.63, 3.8) is 0 Å². The van der Waals surface area contributed by atoms with Crippen molar-refractivity contribution in [1.82, 2.24) is 19.3 Å². The minimum absolute atomic E-state index is 0.0807. The van der Waals surface area contributed by atoms with Crippen LogP contribution < -0.4 is 9.46 Å². The number of sulfonamides is 1. The predicted molar refractivity (Wildman–Crippen MR) is 205 cm³/mol. The van der Waals surface area contributed by atoms with Crippen molar-refractivity contribution in [3.8, 4) is 28.0 Å². The average Bonchev–Trinajstić information content (AvgIpc) is 3.77. The largest absolute Gasteiger partial charge is 0.495 e. The molecule has 3 heterocycles. The molecule has 2 aromatic carbocycles. The lowest BCUT2D eigenvalue weighted by atomic mass is 9.97. The number of aromatic nitrogens is 4. The first-order valence-electron chi connectivity index (χ1n) is 17.8. The van der Waals surface area contributed by atoms with Gasteiger partial charge in [0, 0.05) is 46.0 Å². The molecule has 0 amide bonds. The maximum absolute atomic E-state index is 14.1. The number of fused-ring (bicyclic) bond motifs is 1. The molecule has 1 aliphatic carbocycles. The first kappa shape index (κ1) is 39.4. The lowest BCUT2D eigenvalue weighted by molar-refractivity contribution is -0.151. The second kappa shape index (κ2) is 14.4. The number of aryl methyl sites for hydroxylation is 1. The van der Waals surface area contributed by atoms with Gasteiger partial charge in [-0.25, -0.2) is 31.5 Å². The number of nitrogens with one attached hydrogen (secondary N) is 1. The van der Waals surface area contributed by atoms with E-state index >= 15 is 0 Å². The first-order valence-corrected chi connectivity index (χ1v) is 19.5. The molecule has 15 heteroatoms. The normalized spacial score (nSPS) is 13.6. The van der Waals surface area contributed by atoms with Gasteiger partial charge in [-0.15, -0.1) is 0 Å². The Morgan fingerprint density at radius 3 is 2.18 bits per heavy atom. The van der Waals surface area contributed by atoms with Crippen LogP contribution in [0.1, 0.15) is 82.9 Å². The molecular weight excluding hydrogens is 733 g/mol. The molecule has 0 unspecified atom stereocenters. The Bertz CT molecular complexity index is 2420. The lowest BCUT2D eigenvalue weighted by Crippen LogP contribution is -2.30. The Morgan fingerprint density at radius 1 is 0.927 bits per heavy atom. The molecule has 6 rings (SSSR count). The standard InChI is InChI=1S/C40H45F2N5O7S/c1-22-35(23(2)47(44-22)19-24-14-27(41)17-28(42)15-24)31-20-46(38(49)54-40(6,7)8)37-30(31)18-29(36(43-37)25-10-11-25)26-12-13-33(52-9)32(16-26)45-55(50,51)21-34(48)53-39(3,4)5/h12-18,20,25,45H,10-11,19,21H2,1-9H3. The molecule has 0 radical (unpaired) electrons. The highest BCUT2D eigenvalue weighted by Crippen LogP contribution is 2.47. The Labute approximate surface area is 318 Å². The van der Waals surface area contributed by atoms with Gasteiger partial charge in [-0.1, -0.05) is 6.07 Å². The number of carbonyl (C=O) groups excluding carboxylic acids is 2. The second-order valence-corrected chi connectivity index (χ2v) is 17.5. The van der Waals surface area contributed by atoms with Crippen molar-refractivity contribution in [2.75, 3.05) is 17.6 Å². The van der Waals surface area contributed by atoms with Gasteiger partial charge in [0.2, 0.25) is 10.0 Å². The highest BCUT2D eigenvalue weighted by molar-refractivity contribution is 7.93. The molecule has 1 aliphatic rings. The van der Waals surface area contributed by atoms with Gasteiger partial charge in [0.25, 0.3) is 0 Å². The van der Waals surface area contributed by atoms with Gasteiger partial charge >= 0.3 is 12.1 Å². The Balaban J connectivity index is 1.50. The number of esters is 1. The van der Waals surface area contributed by atoms with E-state index in [4.69, 9.17) is 24.3 Å². The molecule has 0 spiro atoms. The number of pyridine rings is 1. The van der Waals surface area contributed by atoms with Crippen LogP contribution in [-0.4, -0.2) is 63.9 Å². The van der Waals surface area contributed by atoms with E-state index in [0.717, 1.165) is 18.9 Å². The fourth-order valence-corrected chi connectivity index (χ4v) is 7.44. The third-order valence-corrected chi connectivity index (χ3v) is 9.92. The quantitative estimate of drug-likeness (QED) is 0.139. The maximum Gasteiger partial charge on any atom is 0.420 e. The van der Waals surface area contributed by atoms with E-state index in [1.165, 1.54) is 23.8 Å². The number of carbonyl (C=O) groups is 2. The van der Waals surface area contributed by atoms with Crippen LogP contribution in [-0.2, 0) is 30.8 Å². The summed E-state index contributed by atoms with van der Waals surface area (Å²) < 4.78 is 76.6. The van der Waals surface area contributed by atoms with Crippen LogP contribution >= 0.6 is 0 Å². The summed E-state index contributed by atoms with van der Waals surface area (Å²) >= 11 is 0. The molecule has 1 N–H and O–H groups in total. The average molecular weight is 778 g/mol. The zero-order valence-electron chi connectivity index (χ0n) is 32.3. The van der Waals surface area contributed by atoms with Crippen molar-refractivity contribution in [3.05, 3.63) is 82.9 Å². The van der Waals surface area contributed by atoms with Crippen molar-refractivity contribution >= 4 is 38.8 Å². The molecular formula is C40H45F2N5O7S. The predicted octanol–water partition coefficient (Wildman–Crippen LogP) is 8.26. The van der Waals surface area contributed by atoms with Crippen molar-refractivity contribution in [2.24, 2.45) is 0 Å². The highest BCUT2D eigenvalue weighted by atomic mass is 32.2. The molecule has 0 bridgehead atoms. The van der Waals surface area contributed by atoms with E-state index in [1.807, 2.05) is 19.9 Å². The van der Waals surface area contributed by atoms with Gasteiger partial charge < -0.3 is 14.2 Å². The number of nitrogens with zero attached hydrogens (tertiary/aromatic N) is 4. The van der Waals surface area contributed by atoms with E-state index in [1.54, 1.807) is 70.6 Å². The van der Waals surface area contributed by atoms with Gasteiger partial charge in [0.1, 0.15) is 34.2 Å². The Hall–Kier alpha value is -5.31. The van der Waals surface area contributed by atoms with E-state index < -0.39 is 50.7 Å². The minimum atomic E-state index is -4.21. The maximum atomic E-state index is 14.1. The summed E-state index contributed by atoms with van der Waals surface area (Å²) in [6.07, 6.45) is 2.76. The van der Waals surface area contributed by atoms with Crippen LogP contribution in [0.4, 0.5) is 19.3 Å². The van der Waals surface area contributed by atoms with E-state index in [0.29, 0.717) is 55.9 Å². The van der Waals surface area contributed by atoms with Gasteiger partial charge in [0.05, 0.1) is 30.7 Å². The van der Waals surface area contributed by atoms with E-state index in [-0.39, 0.29) is 23.9 Å². The molecule has 55 heavy (non-hydrogen) atoms. The van der Waals surface area contributed by atoms with Gasteiger partial charge in [-0.2, -0.15) is 5.10 Å². The SMILES string of the molecule is COc1ccc(-c2cc3c(-c4c(C)nn(Cc5cc(F)cc(F)c5)c4C)cn(C(=O)OC(C)(C)C)c3nc2C2CC2)cc1NS(=O)(=O)CC(=O)OC(C)(C)C. The Kier molecular flexibility index (Phi) is 10.3. The van der Waals surface area contributed by atoms with Crippen LogP contribution in [0.5, 0.6) is 5.75 Å². The molecule has 0 aliphatic heterocycles. The highest BCUT2D eigenvalue weighted by Gasteiger charge is 2.32. The molecule has 1 fully saturated rings. The number of benzene rings is 2. The fraction of sp³-hybridized carbons (Fsp3) is 0.400. The molecule has 12 nitrogen and oxygen atoms in total. The van der Waals surface area contributed by atoms with Gasteiger partial charge in [-0.3, -0.25) is 14.2 Å². The molecule has 5 aromatic rings. The number of methoxy groups -OCH3 is 1. The molecule has 3 aromatic heterocycles. The number of halogens is 2. The number of hydrogen-bond acceptors (Lipinski definition) is 9. The topological polar surface area (TPSA) is 144 Å². The number of hydrogen-bond donors (Lipinski definition) is 1. The van der Waals surface area contributed by atoms with Gasteiger partial charge in [-0.05, 0) is 110 Å². The summed E-state index contributed by atoms with van der Waals surface area (Å²) in [6.45, 7) is 14.0. The van der Waals surface area contributed by atoms with Crippen molar-refractivity contribution < 1.29 is 41.0 Å².